The molecule has 0 radical (unpaired) electrons. The number of nitriles is 1. The second kappa shape index (κ2) is 7.58. The highest BCUT2D eigenvalue weighted by Crippen LogP contribution is 2.33. The number of aromatic nitrogens is 2. The Bertz CT molecular complexity index is 1030. The molecule has 2 aromatic rings. The molecule has 2 aliphatic heterocycles. The van der Waals surface area contributed by atoms with Gasteiger partial charge in [0.05, 0.1) is 24.6 Å². The van der Waals surface area contributed by atoms with Crippen LogP contribution in [0.3, 0.4) is 0 Å². The van der Waals surface area contributed by atoms with E-state index in [1.165, 1.54) is 22.9 Å². The Balaban J connectivity index is 1.67. The van der Waals surface area contributed by atoms with E-state index in [9.17, 15) is 19.5 Å². The Kier molecular flexibility index (Phi) is 4.96. The van der Waals surface area contributed by atoms with Gasteiger partial charge in [-0.1, -0.05) is 6.08 Å². The van der Waals surface area contributed by atoms with Crippen LogP contribution >= 0.6 is 0 Å². The number of nitrogens with zero attached hydrogens (tertiary/aromatic N) is 3. The number of nitrogens with two attached hydrogens (primary N) is 1. The van der Waals surface area contributed by atoms with Crippen molar-refractivity contribution in [3.05, 3.63) is 41.2 Å². The molecule has 0 saturated carbocycles. The number of hydrogen-bond acceptors (Lipinski definition) is 7. The molecule has 11 heteroatoms. The Morgan fingerprint density at radius 3 is 3.10 bits per heavy atom. The number of hydrogen-bond donors (Lipinski definition) is 3. The van der Waals surface area contributed by atoms with Gasteiger partial charge < -0.3 is 25.5 Å². The van der Waals surface area contributed by atoms with Crippen molar-refractivity contribution in [1.29, 1.82) is 5.26 Å². The van der Waals surface area contributed by atoms with Gasteiger partial charge in [-0.2, -0.15) is 10.4 Å². The number of ether oxygens (including phenoxy) is 1. The molecule has 29 heavy (non-hydrogen) atoms. The van der Waals surface area contributed by atoms with Crippen LogP contribution in [0.4, 0.5) is 15.9 Å². The third kappa shape index (κ3) is 3.67. The first kappa shape index (κ1) is 19.0. The Morgan fingerprint density at radius 2 is 2.34 bits per heavy atom. The van der Waals surface area contributed by atoms with Crippen LogP contribution in [0.1, 0.15) is 28.4 Å². The van der Waals surface area contributed by atoms with E-state index in [4.69, 9.17) is 15.1 Å². The molecule has 0 bridgehead atoms. The minimum Gasteiger partial charge on any atom is -0.530 e. The molecule has 9 nitrogen and oxygen atoms in total. The van der Waals surface area contributed by atoms with Crippen molar-refractivity contribution in [3.8, 4) is 11.8 Å². The van der Waals surface area contributed by atoms with E-state index < -0.39 is 18.8 Å². The van der Waals surface area contributed by atoms with Gasteiger partial charge in [0, 0.05) is 30.1 Å². The lowest BCUT2D eigenvalue weighted by atomic mass is 9.86. The molecule has 0 spiro atoms. The maximum absolute atomic E-state index is 14.4. The van der Waals surface area contributed by atoms with Crippen LogP contribution in [0.15, 0.2) is 24.3 Å². The van der Waals surface area contributed by atoms with Gasteiger partial charge >= 0.3 is 7.12 Å². The molecule has 1 aromatic carbocycles. The van der Waals surface area contributed by atoms with Crippen molar-refractivity contribution in [1.82, 2.24) is 9.78 Å². The lowest BCUT2D eigenvalue weighted by Crippen LogP contribution is -2.29. The first-order chi connectivity index (χ1) is 14.0. The van der Waals surface area contributed by atoms with Crippen LogP contribution in [0.5, 0.6) is 5.75 Å². The number of carbonyl (C=O) groups excluding carboxylic acids is 1. The average Bonchev–Trinajstić information content (AvgIpc) is 3.12. The number of carbonyl (C=O) groups is 1. The summed E-state index contributed by atoms with van der Waals surface area (Å²) in [7, 11) is -1.21. The summed E-state index contributed by atoms with van der Waals surface area (Å²) in [4.78, 5) is 11.9. The number of halogens is 1. The van der Waals surface area contributed by atoms with Gasteiger partial charge in [-0.3, -0.25) is 9.48 Å². The van der Waals surface area contributed by atoms with Crippen LogP contribution in [-0.2, 0) is 4.74 Å². The minimum atomic E-state index is -1.21. The molecule has 1 fully saturated rings. The maximum Gasteiger partial charge on any atom is 0.552 e. The van der Waals surface area contributed by atoms with Crippen molar-refractivity contribution < 1.29 is 23.6 Å². The first-order valence-electron chi connectivity index (χ1n) is 8.96. The lowest BCUT2D eigenvalue weighted by molar-refractivity contribution is 0.0342. The molecular formula is C18H17BFN5O4. The van der Waals surface area contributed by atoms with Gasteiger partial charge in [0.2, 0.25) is 0 Å². The van der Waals surface area contributed by atoms with Crippen molar-refractivity contribution in [3.63, 3.8) is 0 Å². The van der Waals surface area contributed by atoms with Crippen LogP contribution in [0.2, 0.25) is 0 Å². The quantitative estimate of drug-likeness (QED) is 0.664. The van der Waals surface area contributed by atoms with E-state index in [0.29, 0.717) is 24.3 Å². The number of rotatable bonds is 4. The summed E-state index contributed by atoms with van der Waals surface area (Å²) in [5.74, 6) is -0.262. The number of anilines is 2. The number of nitrogens with one attached hydrogen (secondary N) is 1. The predicted molar refractivity (Wildman–Crippen MR) is 102 cm³/mol. The third-order valence-electron chi connectivity index (χ3n) is 4.84. The number of fused-ring (bicyclic) bond motifs is 1. The second-order valence-electron chi connectivity index (χ2n) is 6.77. The monoisotopic (exact) mass is 397 g/mol. The highest BCUT2D eigenvalue weighted by atomic mass is 19.1. The van der Waals surface area contributed by atoms with E-state index in [0.717, 1.165) is 6.07 Å². The topological polar surface area (TPSA) is 135 Å². The fourth-order valence-corrected chi connectivity index (χ4v) is 3.39. The molecule has 0 aliphatic carbocycles. The smallest absolute Gasteiger partial charge is 0.530 e. The van der Waals surface area contributed by atoms with Crippen LogP contribution in [0.25, 0.3) is 6.08 Å². The Hall–Kier alpha value is -3.36. The molecule has 2 aliphatic rings. The van der Waals surface area contributed by atoms with Crippen molar-refractivity contribution in [2.75, 3.05) is 18.5 Å². The van der Waals surface area contributed by atoms with Gasteiger partial charge in [-0.05, 0) is 18.5 Å². The van der Waals surface area contributed by atoms with Gasteiger partial charge in [-0.25, -0.2) is 4.39 Å². The molecule has 148 valence electrons. The largest absolute Gasteiger partial charge is 0.552 e. The normalized spacial score (nSPS) is 20.5. The van der Waals surface area contributed by atoms with E-state index in [1.807, 2.05) is 0 Å². The molecule has 3 heterocycles. The summed E-state index contributed by atoms with van der Waals surface area (Å²) in [5.41, 5.74) is 6.31. The third-order valence-corrected chi connectivity index (χ3v) is 4.84. The predicted octanol–water partition coefficient (Wildman–Crippen LogP) is 1.39. The van der Waals surface area contributed by atoms with Crippen molar-refractivity contribution in [2.24, 2.45) is 11.7 Å². The number of amides is 1. The maximum atomic E-state index is 14.4. The van der Waals surface area contributed by atoms with E-state index in [2.05, 4.69) is 16.5 Å². The summed E-state index contributed by atoms with van der Waals surface area (Å²) in [6.45, 7) is 0.776. The molecule has 2 atom stereocenters. The van der Waals surface area contributed by atoms with Crippen LogP contribution in [-0.4, -0.2) is 41.0 Å². The standard InChI is InChI=1S/C18H17BFN5O4/c20-14-6-12(5-10-1-3-19(27)29-16(10)14)23-18-13(17(22)26)8-25(24-18)15-9-28-4-2-11(15)7-21/h1,3,5-6,8,11,15,27H,2,4,9H2,(H2,22,26)(H,23,24). The highest BCUT2D eigenvalue weighted by molar-refractivity contribution is 6.51. The summed E-state index contributed by atoms with van der Waals surface area (Å²) in [6, 6.07) is 4.63. The zero-order valence-electron chi connectivity index (χ0n) is 15.2. The van der Waals surface area contributed by atoms with E-state index in [1.54, 1.807) is 6.07 Å². The fraction of sp³-hybridized carbons (Fsp3) is 0.278. The zero-order chi connectivity index (χ0) is 20.5. The lowest BCUT2D eigenvalue weighted by Gasteiger charge is -2.26. The van der Waals surface area contributed by atoms with Crippen molar-refractivity contribution in [2.45, 2.75) is 12.5 Å². The number of primary amides is 1. The Morgan fingerprint density at radius 1 is 1.52 bits per heavy atom. The zero-order valence-corrected chi connectivity index (χ0v) is 15.2. The van der Waals surface area contributed by atoms with Crippen molar-refractivity contribution >= 4 is 30.6 Å². The fourth-order valence-electron chi connectivity index (χ4n) is 3.39. The molecule has 1 amide bonds. The van der Waals surface area contributed by atoms with Crippen LogP contribution < -0.4 is 15.7 Å². The molecule has 1 aromatic heterocycles. The SMILES string of the molecule is N#CC1CCOCC1n1cc(C(N)=O)c(Nc2cc(F)c3c(c2)C=CB(O)O3)n1. The molecule has 4 N–H and O–H groups in total. The summed E-state index contributed by atoms with van der Waals surface area (Å²) >= 11 is 0. The number of benzene rings is 1. The van der Waals surface area contributed by atoms with Gasteiger partial charge in [0.25, 0.3) is 5.91 Å². The second-order valence-corrected chi connectivity index (χ2v) is 6.77. The van der Waals surface area contributed by atoms with Gasteiger partial charge in [-0.15, -0.1) is 0 Å². The summed E-state index contributed by atoms with van der Waals surface area (Å²) < 4.78 is 26.4. The molecule has 4 rings (SSSR count). The summed E-state index contributed by atoms with van der Waals surface area (Å²) in [6.07, 6.45) is 3.55. The molecule has 1 saturated heterocycles. The van der Waals surface area contributed by atoms with E-state index in [-0.39, 0.29) is 35.7 Å². The first-order valence-corrected chi connectivity index (χ1v) is 8.96. The molecule has 2 unspecified atom stereocenters. The van der Waals surface area contributed by atoms with Crippen LogP contribution in [0, 0.1) is 23.1 Å². The minimum absolute atomic E-state index is 0.0672. The van der Waals surface area contributed by atoms with Gasteiger partial charge in [0.15, 0.2) is 11.6 Å². The average molecular weight is 397 g/mol. The van der Waals surface area contributed by atoms with E-state index >= 15 is 0 Å². The Labute approximate surface area is 165 Å². The van der Waals surface area contributed by atoms with Gasteiger partial charge in [0.1, 0.15) is 11.3 Å². The highest BCUT2D eigenvalue weighted by Gasteiger charge is 2.30. The summed E-state index contributed by atoms with van der Waals surface area (Å²) in [5, 5.41) is 26.1. The molecular weight excluding hydrogens is 380 g/mol.